The fourth-order valence-corrected chi connectivity index (χ4v) is 2.38. The summed E-state index contributed by atoms with van der Waals surface area (Å²) in [5.74, 6) is 0.947. The summed E-state index contributed by atoms with van der Waals surface area (Å²) in [4.78, 5) is 2.65. The van der Waals surface area contributed by atoms with E-state index in [4.69, 9.17) is 0 Å². The maximum absolute atomic E-state index is 3.44. The number of nitrogens with zero attached hydrogens (tertiary/aromatic N) is 1. The molecule has 14 heavy (non-hydrogen) atoms. The molecule has 0 unspecified atom stereocenters. The molecule has 0 aromatic carbocycles. The van der Waals surface area contributed by atoms with Gasteiger partial charge < -0.3 is 10.2 Å². The lowest BCUT2D eigenvalue weighted by molar-refractivity contribution is 0.200. The predicted octanol–water partition coefficient (Wildman–Crippen LogP) is 2.11. The minimum Gasteiger partial charge on any atom is -0.316 e. The van der Waals surface area contributed by atoms with Gasteiger partial charge in [0.2, 0.25) is 0 Å². The second-order valence-corrected chi connectivity index (χ2v) is 4.22. The van der Waals surface area contributed by atoms with Gasteiger partial charge in [-0.3, -0.25) is 0 Å². The molecule has 0 aromatic heterocycles. The van der Waals surface area contributed by atoms with Crippen molar-refractivity contribution in [2.75, 3.05) is 32.7 Å². The maximum atomic E-state index is 3.44. The van der Waals surface area contributed by atoms with Crippen LogP contribution in [0.3, 0.4) is 0 Å². The molecule has 2 nitrogen and oxygen atoms in total. The topological polar surface area (TPSA) is 15.3 Å². The van der Waals surface area contributed by atoms with Gasteiger partial charge in [-0.05, 0) is 51.4 Å². The van der Waals surface area contributed by atoms with Crippen molar-refractivity contribution in [3.05, 3.63) is 0 Å². The molecule has 2 rings (SSSR count). The number of likely N-dealkylation sites (tertiary alicyclic amines) is 1. The average Bonchev–Trinajstić information content (AvgIpc) is 2.75. The molecule has 1 N–H and O–H groups in total. The Kier molecular flexibility index (Phi) is 6.20. The summed E-state index contributed by atoms with van der Waals surface area (Å²) in [6, 6.07) is 0. The highest BCUT2D eigenvalue weighted by atomic mass is 15.1. The summed E-state index contributed by atoms with van der Waals surface area (Å²) >= 11 is 0. The first kappa shape index (κ1) is 12.0. The first-order chi connectivity index (χ1) is 6.95. The first-order valence-electron chi connectivity index (χ1n) is 6.38. The molecule has 1 atom stereocenters. The van der Waals surface area contributed by atoms with Crippen LogP contribution in [0.25, 0.3) is 0 Å². The van der Waals surface area contributed by atoms with E-state index in [1.807, 2.05) is 13.8 Å². The Balaban J connectivity index is 0.000000461. The van der Waals surface area contributed by atoms with E-state index in [1.54, 1.807) is 0 Å². The van der Waals surface area contributed by atoms with Crippen LogP contribution in [0, 0.1) is 5.92 Å². The summed E-state index contributed by atoms with van der Waals surface area (Å²) in [6.07, 6.45) is 5.72. The molecular weight excluding hydrogens is 172 g/mol. The molecule has 2 aliphatic rings. The number of nitrogens with one attached hydrogen (secondary N) is 1. The minimum atomic E-state index is 0.947. The Hall–Kier alpha value is -0.0800. The van der Waals surface area contributed by atoms with Crippen LogP contribution in [0.5, 0.6) is 0 Å². The molecular formula is C12H26N2. The van der Waals surface area contributed by atoms with Crippen molar-refractivity contribution in [2.45, 2.75) is 39.5 Å². The van der Waals surface area contributed by atoms with E-state index in [1.165, 1.54) is 58.4 Å². The molecule has 0 bridgehead atoms. The molecule has 0 radical (unpaired) electrons. The number of hydrogen-bond acceptors (Lipinski definition) is 2. The molecule has 0 amide bonds. The largest absolute Gasteiger partial charge is 0.316 e. The average molecular weight is 198 g/mol. The van der Waals surface area contributed by atoms with Gasteiger partial charge in [-0.25, -0.2) is 0 Å². The second-order valence-electron chi connectivity index (χ2n) is 4.22. The molecule has 2 aliphatic heterocycles. The Bertz CT molecular complexity index is 124. The molecule has 2 saturated heterocycles. The van der Waals surface area contributed by atoms with E-state index in [0.717, 1.165) is 5.92 Å². The third-order valence-electron chi connectivity index (χ3n) is 3.13. The zero-order valence-electron chi connectivity index (χ0n) is 9.89. The highest BCUT2D eigenvalue weighted by molar-refractivity contribution is 4.76. The van der Waals surface area contributed by atoms with E-state index in [9.17, 15) is 0 Å². The molecule has 0 aromatic rings. The first-order valence-corrected chi connectivity index (χ1v) is 6.38. The molecule has 2 heterocycles. The lowest BCUT2D eigenvalue weighted by Gasteiger charge is -2.28. The highest BCUT2D eigenvalue weighted by Gasteiger charge is 2.18. The summed E-state index contributed by atoms with van der Waals surface area (Å²) in [7, 11) is 0. The molecule has 0 spiro atoms. The van der Waals surface area contributed by atoms with Crippen LogP contribution in [0.15, 0.2) is 0 Å². The fourth-order valence-electron chi connectivity index (χ4n) is 2.38. The Morgan fingerprint density at radius 2 is 1.86 bits per heavy atom. The standard InChI is InChI=1S/C10H20N2.C2H6/c1-2-6-12(7-3-1)9-10-4-5-11-8-10;1-2/h10-11H,1-9H2;1-2H3/t10-;/m0./s1. The van der Waals surface area contributed by atoms with Gasteiger partial charge in [-0.1, -0.05) is 20.3 Å². The van der Waals surface area contributed by atoms with Gasteiger partial charge in [0.1, 0.15) is 0 Å². The summed E-state index contributed by atoms with van der Waals surface area (Å²) < 4.78 is 0. The second kappa shape index (κ2) is 7.24. The van der Waals surface area contributed by atoms with Crippen molar-refractivity contribution < 1.29 is 0 Å². The number of piperidine rings is 1. The molecule has 2 fully saturated rings. The fraction of sp³-hybridized carbons (Fsp3) is 1.00. The van der Waals surface area contributed by atoms with Crippen LogP contribution < -0.4 is 5.32 Å². The van der Waals surface area contributed by atoms with Crippen molar-refractivity contribution in [2.24, 2.45) is 5.92 Å². The van der Waals surface area contributed by atoms with Gasteiger partial charge in [0, 0.05) is 6.54 Å². The van der Waals surface area contributed by atoms with Crippen molar-refractivity contribution in [1.29, 1.82) is 0 Å². The maximum Gasteiger partial charge on any atom is 0.00223 e. The van der Waals surface area contributed by atoms with Crippen molar-refractivity contribution in [3.63, 3.8) is 0 Å². The summed E-state index contributed by atoms with van der Waals surface area (Å²) in [5.41, 5.74) is 0. The quantitative estimate of drug-likeness (QED) is 0.731. The van der Waals surface area contributed by atoms with Gasteiger partial charge in [-0.2, -0.15) is 0 Å². The van der Waals surface area contributed by atoms with Crippen LogP contribution in [-0.2, 0) is 0 Å². The van der Waals surface area contributed by atoms with E-state index < -0.39 is 0 Å². The predicted molar refractivity (Wildman–Crippen MR) is 62.6 cm³/mol. The summed E-state index contributed by atoms with van der Waals surface area (Å²) in [5, 5.41) is 3.44. The van der Waals surface area contributed by atoms with Crippen LogP contribution in [0.4, 0.5) is 0 Å². The van der Waals surface area contributed by atoms with Gasteiger partial charge in [-0.15, -0.1) is 0 Å². The molecule has 84 valence electrons. The smallest absolute Gasteiger partial charge is 0.00223 e. The molecule has 2 heteroatoms. The lowest BCUT2D eigenvalue weighted by Crippen LogP contribution is -2.34. The van der Waals surface area contributed by atoms with Gasteiger partial charge in [0.25, 0.3) is 0 Å². The zero-order valence-corrected chi connectivity index (χ0v) is 9.89. The third-order valence-corrected chi connectivity index (χ3v) is 3.13. The van der Waals surface area contributed by atoms with E-state index in [2.05, 4.69) is 10.2 Å². The minimum absolute atomic E-state index is 0.947. The third kappa shape index (κ3) is 3.97. The molecule has 0 saturated carbocycles. The van der Waals surface area contributed by atoms with Crippen molar-refractivity contribution in [3.8, 4) is 0 Å². The Labute approximate surface area is 89.1 Å². The van der Waals surface area contributed by atoms with Gasteiger partial charge in [0.05, 0.1) is 0 Å². The van der Waals surface area contributed by atoms with E-state index in [-0.39, 0.29) is 0 Å². The van der Waals surface area contributed by atoms with Crippen LogP contribution in [0.1, 0.15) is 39.5 Å². The normalized spacial score (nSPS) is 28.3. The SMILES string of the molecule is C1CCN(C[C@H]2CCNC2)CC1.CC. The number of hydrogen-bond donors (Lipinski definition) is 1. The van der Waals surface area contributed by atoms with Crippen molar-refractivity contribution in [1.82, 2.24) is 10.2 Å². The summed E-state index contributed by atoms with van der Waals surface area (Å²) in [6.45, 7) is 10.6. The van der Waals surface area contributed by atoms with E-state index in [0.29, 0.717) is 0 Å². The monoisotopic (exact) mass is 198 g/mol. The Morgan fingerprint density at radius 1 is 1.14 bits per heavy atom. The van der Waals surface area contributed by atoms with Gasteiger partial charge >= 0.3 is 0 Å². The lowest BCUT2D eigenvalue weighted by atomic mass is 10.1. The van der Waals surface area contributed by atoms with Crippen LogP contribution >= 0.6 is 0 Å². The van der Waals surface area contributed by atoms with Crippen molar-refractivity contribution >= 4 is 0 Å². The number of rotatable bonds is 2. The Morgan fingerprint density at radius 3 is 2.43 bits per heavy atom. The van der Waals surface area contributed by atoms with Crippen LogP contribution in [0.2, 0.25) is 0 Å². The highest BCUT2D eigenvalue weighted by Crippen LogP contribution is 2.14. The van der Waals surface area contributed by atoms with E-state index >= 15 is 0 Å². The molecule has 0 aliphatic carbocycles. The zero-order chi connectivity index (χ0) is 10.2. The van der Waals surface area contributed by atoms with Crippen LogP contribution in [-0.4, -0.2) is 37.6 Å². The van der Waals surface area contributed by atoms with Gasteiger partial charge in [0.15, 0.2) is 0 Å².